The second-order valence-electron chi connectivity index (χ2n) is 10.9. The van der Waals surface area contributed by atoms with Gasteiger partial charge in [0.1, 0.15) is 24.9 Å². The molecule has 10 nitrogen and oxygen atoms in total. The van der Waals surface area contributed by atoms with E-state index in [9.17, 15) is 24.2 Å². The van der Waals surface area contributed by atoms with Gasteiger partial charge < -0.3 is 34.2 Å². The quantitative estimate of drug-likeness (QED) is 0.463. The number of para-hydroxylation sites is 1. The van der Waals surface area contributed by atoms with Crippen LogP contribution in [-0.4, -0.2) is 128 Å². The summed E-state index contributed by atoms with van der Waals surface area (Å²) in [6.07, 6.45) is -1.19. The summed E-state index contributed by atoms with van der Waals surface area (Å²) in [6, 6.07) is 5.94. The number of likely N-dealkylation sites (N-methyl/N-ethyl adjacent to an activating group) is 1. The molecule has 4 atom stereocenters. The molecule has 2 rings (SSSR count). The van der Waals surface area contributed by atoms with E-state index in [1.54, 1.807) is 23.1 Å². The molecule has 0 saturated carbocycles. The maximum absolute atomic E-state index is 13.9. The van der Waals surface area contributed by atoms with Crippen molar-refractivity contribution in [2.75, 3.05) is 66.7 Å². The first kappa shape index (κ1) is 33.9. The number of hydrogen-bond acceptors (Lipinski definition) is 8. The molecule has 1 aliphatic heterocycles. The van der Waals surface area contributed by atoms with Crippen LogP contribution >= 0.6 is 0 Å². The number of benzene rings is 1. The number of halogens is 1. The van der Waals surface area contributed by atoms with E-state index in [2.05, 4.69) is 13.8 Å². The molecule has 0 bridgehead atoms. The lowest BCUT2D eigenvalue weighted by atomic mass is 10.00. The molecule has 0 unspecified atom stereocenters. The van der Waals surface area contributed by atoms with Crippen molar-refractivity contribution in [2.45, 2.75) is 64.4 Å². The average molecular weight is 570 g/mol. The van der Waals surface area contributed by atoms with Gasteiger partial charge in [0.15, 0.2) is 11.6 Å². The normalized spacial score (nSPS) is 23.8. The average Bonchev–Trinajstić information content (AvgIpc) is 2.89. The van der Waals surface area contributed by atoms with Crippen molar-refractivity contribution in [3.8, 4) is 5.75 Å². The van der Waals surface area contributed by atoms with Gasteiger partial charge in [-0.25, -0.2) is 4.39 Å². The Morgan fingerprint density at radius 3 is 2.58 bits per heavy atom. The monoisotopic (exact) mass is 569 g/mol. The SMILES string of the molecule is CO[C@@H]1CN(C(C)=O)C[C@H](CC(C)C)N(C(=O)CN(C)CCOc2ccccc2F)CCCCOC[C@@H](O)[C@H]1O. The molecular formula is C29H48FN3O7. The van der Waals surface area contributed by atoms with Gasteiger partial charge in [-0.15, -0.1) is 0 Å². The Labute approximate surface area is 238 Å². The molecule has 2 N–H and O–H groups in total. The summed E-state index contributed by atoms with van der Waals surface area (Å²) < 4.78 is 30.4. The van der Waals surface area contributed by atoms with E-state index in [0.29, 0.717) is 39.0 Å². The number of carbonyl (C=O) groups excluding carboxylic acids is 2. The van der Waals surface area contributed by atoms with Crippen LogP contribution in [0.4, 0.5) is 4.39 Å². The molecule has 1 aliphatic rings. The van der Waals surface area contributed by atoms with Crippen molar-refractivity contribution >= 4 is 11.8 Å². The van der Waals surface area contributed by atoms with Crippen LogP contribution in [-0.2, 0) is 19.1 Å². The minimum Gasteiger partial charge on any atom is -0.489 e. The highest BCUT2D eigenvalue weighted by atomic mass is 19.1. The Bertz CT molecular complexity index is 906. The van der Waals surface area contributed by atoms with Gasteiger partial charge in [-0.3, -0.25) is 14.5 Å². The van der Waals surface area contributed by atoms with Gasteiger partial charge in [-0.05, 0) is 44.4 Å². The number of nitrogens with zero attached hydrogens (tertiary/aromatic N) is 3. The molecule has 0 radical (unpaired) electrons. The van der Waals surface area contributed by atoms with Gasteiger partial charge in [0.25, 0.3) is 0 Å². The molecule has 11 heteroatoms. The fraction of sp³-hybridized carbons (Fsp3) is 0.724. The summed E-state index contributed by atoms with van der Waals surface area (Å²) in [6.45, 7) is 7.53. The zero-order valence-corrected chi connectivity index (χ0v) is 24.6. The van der Waals surface area contributed by atoms with Gasteiger partial charge >= 0.3 is 0 Å². The summed E-state index contributed by atoms with van der Waals surface area (Å²) in [5, 5.41) is 21.0. The standard InChI is InChI=1S/C29H48FN3O7/c1-21(2)16-23-17-32(22(3)34)18-27(38-5)29(37)25(35)20-39-14-9-8-12-33(23)28(36)19-31(4)13-15-40-26-11-7-6-10-24(26)30/h6-7,10-11,21,23,25,27,29,35,37H,8-9,12-20H2,1-5H3/t23-,25+,27+,29+/m0/s1. The third-order valence-electron chi connectivity index (χ3n) is 7.06. The van der Waals surface area contributed by atoms with Gasteiger partial charge in [0.2, 0.25) is 11.8 Å². The Morgan fingerprint density at radius 1 is 1.20 bits per heavy atom. The largest absolute Gasteiger partial charge is 0.489 e. The molecule has 40 heavy (non-hydrogen) atoms. The molecule has 1 aromatic carbocycles. The number of aliphatic hydroxyl groups is 2. The first-order chi connectivity index (χ1) is 19.0. The molecule has 0 aliphatic carbocycles. The van der Waals surface area contributed by atoms with Crippen LogP contribution in [0.3, 0.4) is 0 Å². The minimum absolute atomic E-state index is 0.0561. The molecule has 228 valence electrons. The van der Waals surface area contributed by atoms with Gasteiger partial charge in [-0.2, -0.15) is 0 Å². The lowest BCUT2D eigenvalue weighted by Crippen LogP contribution is -2.54. The summed E-state index contributed by atoms with van der Waals surface area (Å²) in [4.78, 5) is 31.6. The summed E-state index contributed by atoms with van der Waals surface area (Å²) in [5.41, 5.74) is 0. The number of rotatable bonds is 9. The fourth-order valence-electron chi connectivity index (χ4n) is 4.79. The highest BCUT2D eigenvalue weighted by Gasteiger charge is 2.33. The van der Waals surface area contributed by atoms with Crippen molar-refractivity contribution in [2.24, 2.45) is 5.92 Å². The first-order valence-corrected chi connectivity index (χ1v) is 14.1. The zero-order valence-electron chi connectivity index (χ0n) is 24.6. The molecular weight excluding hydrogens is 521 g/mol. The third kappa shape index (κ3) is 11.3. The molecule has 1 saturated heterocycles. The summed E-state index contributed by atoms with van der Waals surface area (Å²) in [5.74, 6) is -0.285. The first-order valence-electron chi connectivity index (χ1n) is 14.1. The Hall–Kier alpha value is -2.31. The Morgan fingerprint density at radius 2 is 1.93 bits per heavy atom. The highest BCUT2D eigenvalue weighted by Crippen LogP contribution is 2.18. The number of amides is 2. The van der Waals surface area contributed by atoms with Crippen molar-refractivity contribution in [3.05, 3.63) is 30.1 Å². The maximum atomic E-state index is 13.9. The summed E-state index contributed by atoms with van der Waals surface area (Å²) in [7, 11) is 3.24. The Balaban J connectivity index is 2.18. The van der Waals surface area contributed by atoms with Crippen LogP contribution in [0.1, 0.15) is 40.0 Å². The third-order valence-corrected chi connectivity index (χ3v) is 7.06. The predicted molar refractivity (Wildman–Crippen MR) is 149 cm³/mol. The van der Waals surface area contributed by atoms with Crippen LogP contribution in [0.15, 0.2) is 24.3 Å². The van der Waals surface area contributed by atoms with E-state index in [1.807, 2.05) is 16.8 Å². The smallest absolute Gasteiger partial charge is 0.237 e. The van der Waals surface area contributed by atoms with Crippen molar-refractivity contribution in [1.29, 1.82) is 0 Å². The van der Waals surface area contributed by atoms with E-state index < -0.39 is 24.1 Å². The number of hydrogen-bond donors (Lipinski definition) is 2. The van der Waals surface area contributed by atoms with E-state index >= 15 is 0 Å². The second kappa shape index (κ2) is 17.5. The Kier molecular flexibility index (Phi) is 14.8. The molecule has 0 spiro atoms. The van der Waals surface area contributed by atoms with Crippen LogP contribution < -0.4 is 4.74 Å². The molecule has 1 aromatic rings. The number of ether oxygens (including phenoxy) is 3. The van der Waals surface area contributed by atoms with E-state index in [-0.39, 0.29) is 62.4 Å². The topological polar surface area (TPSA) is 112 Å². The molecule has 2 amide bonds. The molecule has 1 fully saturated rings. The molecule has 0 aromatic heterocycles. The molecule has 1 heterocycles. The van der Waals surface area contributed by atoms with E-state index in [4.69, 9.17) is 14.2 Å². The lowest BCUT2D eigenvalue weighted by Gasteiger charge is -2.39. The van der Waals surface area contributed by atoms with Crippen molar-refractivity contribution in [1.82, 2.24) is 14.7 Å². The number of aliphatic hydroxyl groups excluding tert-OH is 2. The van der Waals surface area contributed by atoms with Crippen LogP contribution in [0.5, 0.6) is 5.75 Å². The second-order valence-corrected chi connectivity index (χ2v) is 10.9. The predicted octanol–water partition coefficient (Wildman–Crippen LogP) is 1.78. The van der Waals surface area contributed by atoms with Crippen molar-refractivity contribution in [3.63, 3.8) is 0 Å². The fourth-order valence-corrected chi connectivity index (χ4v) is 4.79. The highest BCUT2D eigenvalue weighted by molar-refractivity contribution is 5.79. The number of methoxy groups -OCH3 is 1. The van der Waals surface area contributed by atoms with Gasteiger partial charge in [0.05, 0.1) is 13.2 Å². The van der Waals surface area contributed by atoms with Crippen LogP contribution in [0.2, 0.25) is 0 Å². The summed E-state index contributed by atoms with van der Waals surface area (Å²) >= 11 is 0. The van der Waals surface area contributed by atoms with E-state index in [0.717, 1.165) is 0 Å². The van der Waals surface area contributed by atoms with Gasteiger partial charge in [0, 0.05) is 52.9 Å². The zero-order chi connectivity index (χ0) is 29.7. The maximum Gasteiger partial charge on any atom is 0.237 e. The minimum atomic E-state index is -1.24. The number of carbonyl (C=O) groups is 2. The van der Waals surface area contributed by atoms with E-state index in [1.165, 1.54) is 20.1 Å². The van der Waals surface area contributed by atoms with Crippen LogP contribution in [0, 0.1) is 11.7 Å². The van der Waals surface area contributed by atoms with Crippen molar-refractivity contribution < 1.29 is 38.4 Å². The van der Waals surface area contributed by atoms with Gasteiger partial charge in [-0.1, -0.05) is 26.0 Å². The lowest BCUT2D eigenvalue weighted by molar-refractivity contribution is -0.142. The van der Waals surface area contributed by atoms with Crippen LogP contribution in [0.25, 0.3) is 0 Å².